The highest BCUT2D eigenvalue weighted by Crippen LogP contribution is 2.28. The smallest absolute Gasteiger partial charge is 0.329 e. The zero-order chi connectivity index (χ0) is 13.9. The van der Waals surface area contributed by atoms with Crippen LogP contribution in [0.5, 0.6) is 0 Å². The molecule has 0 saturated heterocycles. The number of hydrogen-bond donors (Lipinski definition) is 1. The van der Waals surface area contributed by atoms with Gasteiger partial charge in [0, 0.05) is 18.8 Å². The van der Waals surface area contributed by atoms with E-state index in [-0.39, 0.29) is 18.8 Å². The van der Waals surface area contributed by atoms with Crippen LogP contribution in [-0.4, -0.2) is 25.2 Å². The van der Waals surface area contributed by atoms with Gasteiger partial charge in [-0.05, 0) is 25.0 Å². The number of rotatable bonds is 3. The lowest BCUT2D eigenvalue weighted by Crippen LogP contribution is -2.44. The number of anilines is 1. The molecule has 0 atom stereocenters. The topological polar surface area (TPSA) is 46.3 Å². The number of halogens is 3. The Labute approximate surface area is 103 Å². The molecule has 1 rings (SSSR count). The Morgan fingerprint density at radius 2 is 1.78 bits per heavy atom. The van der Waals surface area contributed by atoms with E-state index in [9.17, 15) is 18.0 Å². The van der Waals surface area contributed by atoms with Crippen molar-refractivity contribution in [3.8, 4) is 0 Å². The molecule has 2 N–H and O–H groups in total. The van der Waals surface area contributed by atoms with Crippen molar-refractivity contribution >= 4 is 11.6 Å². The quantitative estimate of drug-likeness (QED) is 0.905. The van der Waals surface area contributed by atoms with Crippen LogP contribution in [0.15, 0.2) is 18.2 Å². The van der Waals surface area contributed by atoms with E-state index in [1.54, 1.807) is 32.0 Å². The van der Waals surface area contributed by atoms with Crippen molar-refractivity contribution in [2.45, 2.75) is 20.0 Å². The molecule has 0 saturated carbocycles. The van der Waals surface area contributed by atoms with Crippen LogP contribution in [0.3, 0.4) is 0 Å². The van der Waals surface area contributed by atoms with Crippen molar-refractivity contribution in [2.24, 2.45) is 5.73 Å². The fourth-order valence-corrected chi connectivity index (χ4v) is 1.83. The van der Waals surface area contributed by atoms with Crippen molar-refractivity contribution in [3.63, 3.8) is 0 Å². The van der Waals surface area contributed by atoms with Crippen LogP contribution in [0.2, 0.25) is 0 Å². The Morgan fingerprint density at radius 1 is 1.28 bits per heavy atom. The molecule has 0 aliphatic heterocycles. The van der Waals surface area contributed by atoms with Crippen LogP contribution in [0.25, 0.3) is 0 Å². The first-order valence-electron chi connectivity index (χ1n) is 5.44. The van der Waals surface area contributed by atoms with E-state index in [0.717, 1.165) is 0 Å². The summed E-state index contributed by atoms with van der Waals surface area (Å²) in [7, 11) is 0. The zero-order valence-electron chi connectivity index (χ0n) is 10.2. The maximum Gasteiger partial charge on any atom is 0.471 e. The van der Waals surface area contributed by atoms with Gasteiger partial charge in [-0.1, -0.05) is 18.2 Å². The molecule has 0 bridgehead atoms. The first-order valence-corrected chi connectivity index (χ1v) is 5.44. The largest absolute Gasteiger partial charge is 0.471 e. The summed E-state index contributed by atoms with van der Waals surface area (Å²) in [5.74, 6) is -1.88. The van der Waals surface area contributed by atoms with E-state index in [4.69, 9.17) is 5.73 Å². The van der Waals surface area contributed by atoms with Gasteiger partial charge >= 0.3 is 12.1 Å². The minimum Gasteiger partial charge on any atom is -0.329 e. The van der Waals surface area contributed by atoms with Gasteiger partial charge in [0.05, 0.1) is 0 Å². The molecule has 3 nitrogen and oxygen atoms in total. The highest BCUT2D eigenvalue weighted by Gasteiger charge is 2.43. The number of amides is 1. The third-order valence-corrected chi connectivity index (χ3v) is 2.55. The number of nitrogens with zero attached hydrogens (tertiary/aromatic N) is 1. The van der Waals surface area contributed by atoms with Gasteiger partial charge in [0.2, 0.25) is 0 Å². The Morgan fingerprint density at radius 3 is 2.17 bits per heavy atom. The molecular weight excluding hydrogens is 245 g/mol. The number of nitrogens with two attached hydrogens (primary N) is 1. The predicted molar refractivity (Wildman–Crippen MR) is 63.4 cm³/mol. The number of para-hydroxylation sites is 1. The second-order valence-corrected chi connectivity index (χ2v) is 3.98. The van der Waals surface area contributed by atoms with Gasteiger partial charge in [-0.3, -0.25) is 4.79 Å². The van der Waals surface area contributed by atoms with E-state index in [1.807, 2.05) is 0 Å². The molecule has 1 aromatic rings. The SMILES string of the molecule is Cc1cccc(C)c1N(CCN)C(=O)C(F)(F)F. The third-order valence-electron chi connectivity index (χ3n) is 2.55. The summed E-state index contributed by atoms with van der Waals surface area (Å²) in [6.07, 6.45) is -4.90. The molecule has 0 fully saturated rings. The summed E-state index contributed by atoms with van der Waals surface area (Å²) in [5, 5.41) is 0. The van der Waals surface area contributed by atoms with Crippen LogP contribution < -0.4 is 10.6 Å². The molecule has 0 unspecified atom stereocenters. The molecule has 1 amide bonds. The van der Waals surface area contributed by atoms with Crippen molar-refractivity contribution in [1.82, 2.24) is 0 Å². The summed E-state index contributed by atoms with van der Waals surface area (Å²) < 4.78 is 37.6. The molecule has 0 heterocycles. The van der Waals surface area contributed by atoms with Crippen molar-refractivity contribution < 1.29 is 18.0 Å². The van der Waals surface area contributed by atoms with Crippen molar-refractivity contribution in [1.29, 1.82) is 0 Å². The van der Waals surface area contributed by atoms with E-state index in [2.05, 4.69) is 0 Å². The lowest BCUT2D eigenvalue weighted by atomic mass is 10.1. The molecule has 0 radical (unpaired) electrons. The van der Waals surface area contributed by atoms with E-state index in [1.165, 1.54) is 0 Å². The Bertz CT molecular complexity index is 423. The van der Waals surface area contributed by atoms with Gasteiger partial charge in [0.25, 0.3) is 0 Å². The third kappa shape index (κ3) is 3.01. The number of carbonyl (C=O) groups is 1. The first-order chi connectivity index (χ1) is 8.29. The molecule has 0 aromatic heterocycles. The lowest BCUT2D eigenvalue weighted by molar-refractivity contribution is -0.170. The monoisotopic (exact) mass is 260 g/mol. The Hall–Kier alpha value is -1.56. The molecular formula is C12H15F3N2O. The van der Waals surface area contributed by atoms with Gasteiger partial charge in [-0.2, -0.15) is 13.2 Å². The Kier molecular flexibility index (Phi) is 4.34. The van der Waals surface area contributed by atoms with E-state index in [0.29, 0.717) is 16.0 Å². The maximum atomic E-state index is 12.5. The van der Waals surface area contributed by atoms with Gasteiger partial charge in [0.15, 0.2) is 0 Å². The van der Waals surface area contributed by atoms with Crippen LogP contribution in [0.1, 0.15) is 11.1 Å². The highest BCUT2D eigenvalue weighted by atomic mass is 19.4. The van der Waals surface area contributed by atoms with Crippen LogP contribution in [-0.2, 0) is 4.79 Å². The van der Waals surface area contributed by atoms with Crippen molar-refractivity contribution in [2.75, 3.05) is 18.0 Å². The zero-order valence-corrected chi connectivity index (χ0v) is 10.2. The summed E-state index contributed by atoms with van der Waals surface area (Å²) in [6, 6.07) is 5.05. The number of aryl methyl sites for hydroxylation is 2. The maximum absolute atomic E-state index is 12.5. The number of benzene rings is 1. The van der Waals surface area contributed by atoms with Gasteiger partial charge < -0.3 is 10.6 Å². The van der Waals surface area contributed by atoms with Gasteiger partial charge in [-0.15, -0.1) is 0 Å². The number of alkyl halides is 3. The second-order valence-electron chi connectivity index (χ2n) is 3.98. The van der Waals surface area contributed by atoms with E-state index < -0.39 is 12.1 Å². The molecule has 0 aliphatic rings. The predicted octanol–water partition coefficient (Wildman–Crippen LogP) is 2.16. The molecule has 18 heavy (non-hydrogen) atoms. The van der Waals surface area contributed by atoms with Crippen LogP contribution >= 0.6 is 0 Å². The first kappa shape index (κ1) is 14.5. The fourth-order valence-electron chi connectivity index (χ4n) is 1.83. The van der Waals surface area contributed by atoms with Crippen molar-refractivity contribution in [3.05, 3.63) is 29.3 Å². The molecule has 6 heteroatoms. The van der Waals surface area contributed by atoms with Crippen LogP contribution in [0, 0.1) is 13.8 Å². The Balaban J connectivity index is 3.25. The highest BCUT2D eigenvalue weighted by molar-refractivity contribution is 5.98. The fraction of sp³-hybridized carbons (Fsp3) is 0.417. The van der Waals surface area contributed by atoms with Gasteiger partial charge in [0.1, 0.15) is 0 Å². The standard InChI is InChI=1S/C12H15F3N2O/c1-8-4-3-5-9(2)10(8)17(7-6-16)11(18)12(13,14)15/h3-5H,6-7,16H2,1-2H3. The molecule has 0 spiro atoms. The normalized spacial score (nSPS) is 11.4. The minimum atomic E-state index is -4.90. The van der Waals surface area contributed by atoms with E-state index >= 15 is 0 Å². The average Bonchev–Trinajstić information content (AvgIpc) is 2.25. The van der Waals surface area contributed by atoms with Crippen LogP contribution in [0.4, 0.5) is 18.9 Å². The number of hydrogen-bond acceptors (Lipinski definition) is 2. The second kappa shape index (κ2) is 5.39. The summed E-state index contributed by atoms with van der Waals surface area (Å²) in [6.45, 7) is 3.13. The molecule has 0 aliphatic carbocycles. The lowest BCUT2D eigenvalue weighted by Gasteiger charge is -2.26. The molecule has 100 valence electrons. The number of carbonyl (C=O) groups excluding carboxylic acids is 1. The summed E-state index contributed by atoms with van der Waals surface area (Å²) in [4.78, 5) is 12.1. The minimum absolute atomic E-state index is 0.0321. The summed E-state index contributed by atoms with van der Waals surface area (Å²) in [5.41, 5.74) is 6.79. The average molecular weight is 260 g/mol. The molecule has 1 aromatic carbocycles. The van der Waals surface area contributed by atoms with Gasteiger partial charge in [-0.25, -0.2) is 0 Å². The summed E-state index contributed by atoms with van der Waals surface area (Å²) >= 11 is 0.